The molecule has 13 atom stereocenters. The van der Waals surface area contributed by atoms with Gasteiger partial charge in [-0.3, -0.25) is 92.3 Å². The van der Waals surface area contributed by atoms with Gasteiger partial charge in [0.15, 0.2) is 11.9 Å². The lowest BCUT2D eigenvalue weighted by atomic mass is 9.99. The van der Waals surface area contributed by atoms with Gasteiger partial charge in [-0.1, -0.05) is 113 Å². The summed E-state index contributed by atoms with van der Waals surface area (Å²) < 4.78 is 0. The van der Waals surface area contributed by atoms with E-state index < -0.39 is 254 Å². The van der Waals surface area contributed by atoms with Crippen molar-refractivity contribution in [2.24, 2.45) is 40.5 Å². The number of aromatic nitrogens is 3. The first-order valence-corrected chi connectivity index (χ1v) is 43.3. The molecule has 0 aliphatic carbocycles. The minimum Gasteiger partial charge on any atom is -0.481 e. The Morgan fingerprint density at radius 3 is 1.18 bits per heavy atom. The van der Waals surface area contributed by atoms with Gasteiger partial charge in [-0.25, -0.2) is 4.79 Å². The number of benzene rings is 4. The van der Waals surface area contributed by atoms with Gasteiger partial charge in [-0.05, 0) is 111 Å². The van der Waals surface area contributed by atoms with Crippen LogP contribution in [0.5, 0.6) is 0 Å². The fraction of sp³-hybridized carbons (Fsp3) is 0.432. The third-order valence-corrected chi connectivity index (χ3v) is 21.5. The molecule has 7 rings (SSSR count). The minimum atomic E-state index is -2.10. The Bertz CT molecular complexity index is 5380. The molecular formula is C88H119N25O21. The van der Waals surface area contributed by atoms with Crippen LogP contribution < -0.4 is 108 Å². The molecule has 15 amide bonds. The molecule has 3 aromatic heterocycles. The summed E-state index contributed by atoms with van der Waals surface area (Å²) in [6, 6.07) is 7.96. The van der Waals surface area contributed by atoms with Crippen molar-refractivity contribution in [2.75, 3.05) is 19.6 Å². The van der Waals surface area contributed by atoms with Crippen LogP contribution in [0.2, 0.25) is 0 Å². The fourth-order valence-corrected chi connectivity index (χ4v) is 14.5. The van der Waals surface area contributed by atoms with Crippen molar-refractivity contribution >= 4 is 151 Å². The largest absolute Gasteiger partial charge is 0.481 e. The number of rotatable bonds is 56. The number of primary amides is 2. The molecule has 46 heteroatoms. The molecule has 0 fully saturated rings. The molecule has 46 nitrogen and oxygen atoms in total. The molecule has 0 unspecified atom stereocenters. The molecule has 0 saturated carbocycles. The molecule has 0 aliphatic rings. The van der Waals surface area contributed by atoms with Crippen LogP contribution in [-0.4, -0.2) is 247 Å². The number of aromatic amines is 3. The van der Waals surface area contributed by atoms with Gasteiger partial charge in [0, 0.05) is 96.5 Å². The molecule has 0 saturated heterocycles. The van der Waals surface area contributed by atoms with Gasteiger partial charge in [0.2, 0.25) is 88.6 Å². The predicted molar refractivity (Wildman–Crippen MR) is 488 cm³/mol. The van der Waals surface area contributed by atoms with Crippen LogP contribution in [0.25, 0.3) is 32.7 Å². The number of fused-ring (bicyclic) bond motifs is 3. The maximum absolute atomic E-state index is 15.2. The summed E-state index contributed by atoms with van der Waals surface area (Å²) in [4.78, 5) is 258. The van der Waals surface area contributed by atoms with Crippen LogP contribution in [0.4, 0.5) is 0 Å². The zero-order chi connectivity index (χ0) is 98.6. The molecule has 33 N–H and O–H groups in total. The van der Waals surface area contributed by atoms with Crippen molar-refractivity contribution in [3.8, 4) is 0 Å². The smallest absolute Gasteiger partial charge is 0.326 e. The quantitative estimate of drug-likeness (QED) is 0.00998. The number of carboxylic acids is 3. The number of carboxylic acid groups (broad SMARTS) is 3. The van der Waals surface area contributed by atoms with Gasteiger partial charge in [-0.15, -0.1) is 0 Å². The Balaban J connectivity index is 1.11. The van der Waals surface area contributed by atoms with E-state index in [0.29, 0.717) is 38.5 Å². The number of guanidine groups is 2. The number of H-pyrrole nitrogens is 3. The highest BCUT2D eigenvalue weighted by molar-refractivity contribution is 6.02. The number of hydrogen-bond donors (Lipinski definition) is 28. The lowest BCUT2D eigenvalue weighted by Gasteiger charge is -2.29. The second-order valence-corrected chi connectivity index (χ2v) is 33.0. The lowest BCUT2D eigenvalue weighted by molar-refractivity contribution is -0.143. The van der Waals surface area contributed by atoms with E-state index in [1.54, 1.807) is 107 Å². The fourth-order valence-electron chi connectivity index (χ4n) is 14.5. The van der Waals surface area contributed by atoms with Gasteiger partial charge >= 0.3 is 17.9 Å². The van der Waals surface area contributed by atoms with Gasteiger partial charge in [0.1, 0.15) is 72.5 Å². The van der Waals surface area contributed by atoms with Crippen molar-refractivity contribution in [1.29, 1.82) is 10.8 Å². The number of nitrogens with two attached hydrogens (primary N) is 5. The van der Waals surface area contributed by atoms with E-state index in [9.17, 15) is 82.4 Å². The zero-order valence-corrected chi connectivity index (χ0v) is 74.5. The first-order valence-electron chi connectivity index (χ1n) is 43.3. The monoisotopic (exact) mass is 1860 g/mol. The normalized spacial score (nSPS) is 14.1. The Morgan fingerprint density at radius 2 is 0.746 bits per heavy atom. The number of hydrogen-bond acceptors (Lipinski definition) is 21. The third kappa shape index (κ3) is 34.1. The summed E-state index contributed by atoms with van der Waals surface area (Å²) in [5.41, 5.74) is 32.5. The SMILES string of the molecule is CC(C)C[C@H](NC(=O)[C@H](Cc1c[nH]c2ccccc12)NC(=O)[C@H](CCC(N)=O)NC(=O)[C@H](C)NC(=O)[C@@H](NC(=O)[C@@H](N)Cc1c[nH]c2ccccc12)C(C)C)C(=O)N[C@@H](CCCNC(=N)N)C(=O)N[C@@H](CCCNC(=N)N)C(=O)N[C@@H](Cc1c[nH]c2ccccc12)C(=O)NCC(=O)N[C@@H](CC(=O)O)C(=O)N[C@@H](CCC(=O)O)C(=O)N[C@@H](Cc1ccccc1)C(=O)N[C@@H](CC(N)=O)C(=O)O. The second-order valence-electron chi connectivity index (χ2n) is 33.0. The highest BCUT2D eigenvalue weighted by Gasteiger charge is 2.39. The van der Waals surface area contributed by atoms with Gasteiger partial charge in [0.25, 0.3) is 0 Å². The Hall–Kier alpha value is -15.5. The molecule has 722 valence electrons. The van der Waals surface area contributed by atoms with Crippen LogP contribution >= 0.6 is 0 Å². The number of amides is 15. The lowest BCUT2D eigenvalue weighted by Crippen LogP contribution is -2.61. The topological polar surface area (TPSA) is 774 Å². The zero-order valence-electron chi connectivity index (χ0n) is 74.5. The van der Waals surface area contributed by atoms with Crippen LogP contribution in [0.3, 0.4) is 0 Å². The standard InChI is InChI=1S/C88H119N25O21/c1-44(2)33-62(108-83(130)65(37-50-42-100-57-24-14-11-21-53(50)57)111-79(126)60(27-29-68(90)114)104-74(121)46(5)102-85(132)73(45(3)4)113-75(122)54(89)35-48-40-98-55-22-12-9-19-51(48)55)81(128)106-58(25-15-31-96-87(92)93)77(124)105-59(26-16-32-97-88(94)95)78(125)110-64(36-49-41-99-56-23-13-10-20-52(49)56)76(123)101-43-70(116)103-66(39-72(119)120)84(131)107-61(28-30-71(117)118)80(127)109-63(34-47-17-7-6-8-18-47)82(129)112-67(86(133)134)38-69(91)115/h6-14,17-24,40-42,44-46,54,58-67,73,98-100H,15-16,25-39,43,89H2,1-5H3,(H2,90,114)(H2,91,115)(H,101,123)(H,102,132)(H,103,116)(H,104,121)(H,105,124)(H,106,128)(H,107,131)(H,108,130)(H,109,127)(H,110,125)(H,111,126)(H,112,129)(H,113,122)(H,117,118)(H,119,120)(H,133,134)(H4,92,93,96)(H4,94,95,97)/t46-,54-,58-,59-,60-,61-,62-,63-,64-,65-,66-,67-,73-/m0/s1. The summed E-state index contributed by atoms with van der Waals surface area (Å²) in [7, 11) is 0. The molecule has 0 bridgehead atoms. The van der Waals surface area contributed by atoms with E-state index >= 15 is 19.2 Å². The average Bonchev–Trinajstić information content (AvgIpc) is 1.64. The van der Waals surface area contributed by atoms with Gasteiger partial charge in [0.05, 0.1) is 25.4 Å². The van der Waals surface area contributed by atoms with E-state index in [1.807, 2.05) is 24.3 Å². The average molecular weight is 1860 g/mol. The predicted octanol–water partition coefficient (Wildman–Crippen LogP) is -3.52. The van der Waals surface area contributed by atoms with Crippen LogP contribution in [0.1, 0.15) is 128 Å². The number of para-hydroxylation sites is 3. The summed E-state index contributed by atoms with van der Waals surface area (Å²) in [6.45, 7) is 6.86. The Morgan fingerprint density at radius 1 is 0.358 bits per heavy atom. The Kier molecular flexibility index (Phi) is 40.7. The third-order valence-electron chi connectivity index (χ3n) is 21.5. The van der Waals surface area contributed by atoms with E-state index in [4.69, 9.17) is 39.5 Å². The second kappa shape index (κ2) is 51.7. The molecule has 134 heavy (non-hydrogen) atoms. The number of carbonyl (C=O) groups excluding carboxylic acids is 15. The summed E-state index contributed by atoms with van der Waals surface area (Å²) in [5.74, 6) is -22.4. The Labute approximate surface area is 768 Å². The van der Waals surface area contributed by atoms with Crippen molar-refractivity contribution in [2.45, 2.75) is 209 Å². The van der Waals surface area contributed by atoms with E-state index in [1.165, 1.54) is 25.3 Å². The van der Waals surface area contributed by atoms with Crippen LogP contribution in [0.15, 0.2) is 122 Å². The maximum Gasteiger partial charge on any atom is 0.326 e. The number of carbonyl (C=O) groups is 18. The van der Waals surface area contributed by atoms with E-state index in [-0.39, 0.29) is 70.9 Å². The van der Waals surface area contributed by atoms with Crippen molar-refractivity contribution in [3.63, 3.8) is 0 Å². The number of aliphatic carboxylic acids is 3. The highest BCUT2D eigenvalue weighted by atomic mass is 16.4. The van der Waals surface area contributed by atoms with Crippen molar-refractivity contribution in [3.05, 3.63) is 144 Å². The van der Waals surface area contributed by atoms with Gasteiger partial charge in [-0.2, -0.15) is 0 Å². The van der Waals surface area contributed by atoms with Crippen molar-refractivity contribution < 1.29 is 102 Å². The summed E-state index contributed by atoms with van der Waals surface area (Å²) in [6.07, 6.45) is -1.31. The van der Waals surface area contributed by atoms with E-state index in [0.717, 1.165) is 16.5 Å². The maximum atomic E-state index is 15.2. The first kappa shape index (κ1) is 106. The molecule has 4 aromatic carbocycles. The molecule has 0 radical (unpaired) electrons. The first-order chi connectivity index (χ1) is 63.5. The number of nitrogens with one attached hydrogen (secondary N) is 20. The van der Waals surface area contributed by atoms with Gasteiger partial charge < -0.3 is 139 Å². The molecule has 3 heterocycles. The summed E-state index contributed by atoms with van der Waals surface area (Å²) in [5, 5.41) is 84.7. The highest BCUT2D eigenvalue weighted by Crippen LogP contribution is 2.24. The van der Waals surface area contributed by atoms with E-state index in [2.05, 4.69) is 94.7 Å². The van der Waals surface area contributed by atoms with Crippen molar-refractivity contribution in [1.82, 2.24) is 94.7 Å². The molecular weight excluding hydrogens is 1740 g/mol. The summed E-state index contributed by atoms with van der Waals surface area (Å²) >= 11 is 0. The van der Waals surface area contributed by atoms with Crippen LogP contribution in [0, 0.1) is 22.7 Å². The molecule has 0 spiro atoms. The molecule has 7 aromatic rings. The van der Waals surface area contributed by atoms with Crippen LogP contribution in [-0.2, 0) is 112 Å². The minimum absolute atomic E-state index is 0.0129. The molecule has 0 aliphatic heterocycles.